The number of aryl methyl sites for hydroxylation is 1. The minimum absolute atomic E-state index is 0.155. The molecule has 1 heterocycles. The number of aliphatic hydroxyl groups is 1. The van der Waals surface area contributed by atoms with Gasteiger partial charge >= 0.3 is 6.18 Å². The van der Waals surface area contributed by atoms with Crippen molar-refractivity contribution >= 4 is 11.6 Å². The van der Waals surface area contributed by atoms with Gasteiger partial charge in [-0.3, -0.25) is 4.79 Å². The molecule has 0 saturated carbocycles. The Bertz CT molecular complexity index is 568. The van der Waals surface area contributed by atoms with Crippen LogP contribution in [0.25, 0.3) is 0 Å². The molecule has 1 amide bonds. The number of anilines is 1. The zero-order valence-corrected chi connectivity index (χ0v) is 9.97. The van der Waals surface area contributed by atoms with Gasteiger partial charge in [-0.25, -0.2) is 0 Å². The predicted octanol–water partition coefficient (Wildman–Crippen LogP) is 2.27. The molecule has 0 fully saturated rings. The molecule has 2 N–H and O–H groups in total. The quantitative estimate of drug-likeness (QED) is 0.760. The Hall–Kier alpha value is -1.56. The highest BCUT2D eigenvalue weighted by Gasteiger charge is 2.64. The summed E-state index contributed by atoms with van der Waals surface area (Å²) in [6.07, 6.45) is -1.73. The second-order valence-corrected chi connectivity index (χ2v) is 5.00. The summed E-state index contributed by atoms with van der Waals surface area (Å²) in [5.74, 6) is -1.41. The molecule has 102 valence electrons. The first-order valence-corrected chi connectivity index (χ1v) is 6.11. The van der Waals surface area contributed by atoms with Crippen molar-refractivity contribution in [3.8, 4) is 0 Å². The van der Waals surface area contributed by atoms with Crippen molar-refractivity contribution in [2.24, 2.45) is 0 Å². The number of alkyl halides is 3. The standard InChI is InChI=1S/C13H12F3NO2/c14-13(15,16)12(19)9-6-5-7-3-1-2-4-8(7)10(9)17-11(12)18/h5-6,19H,1-4H2,(H,17,18)/t12-/m0/s1. The Labute approximate surface area is 107 Å². The maximum atomic E-state index is 13.0. The summed E-state index contributed by atoms with van der Waals surface area (Å²) in [4.78, 5) is 11.6. The molecule has 1 aliphatic heterocycles. The van der Waals surface area contributed by atoms with Crippen LogP contribution in [-0.2, 0) is 23.2 Å². The Morgan fingerprint density at radius 3 is 2.58 bits per heavy atom. The van der Waals surface area contributed by atoms with Gasteiger partial charge in [0.05, 0.1) is 5.69 Å². The number of halogens is 3. The summed E-state index contributed by atoms with van der Waals surface area (Å²) in [5.41, 5.74) is -1.95. The smallest absolute Gasteiger partial charge is 0.368 e. The SMILES string of the molecule is O=C1Nc2c(ccc3c2CCCC3)[C@@]1(O)C(F)(F)F. The zero-order chi connectivity index (χ0) is 13.8. The summed E-state index contributed by atoms with van der Waals surface area (Å²) in [6.45, 7) is 0. The lowest BCUT2D eigenvalue weighted by Crippen LogP contribution is -2.47. The van der Waals surface area contributed by atoms with E-state index in [1.165, 1.54) is 6.07 Å². The summed E-state index contributed by atoms with van der Waals surface area (Å²) >= 11 is 0. The van der Waals surface area contributed by atoms with Crippen molar-refractivity contribution in [2.75, 3.05) is 5.32 Å². The number of fused-ring (bicyclic) bond motifs is 3. The van der Waals surface area contributed by atoms with Crippen LogP contribution in [0.1, 0.15) is 29.5 Å². The van der Waals surface area contributed by atoms with Gasteiger partial charge in [-0.15, -0.1) is 0 Å². The first kappa shape index (κ1) is 12.5. The van der Waals surface area contributed by atoms with Crippen LogP contribution in [0, 0.1) is 0 Å². The van der Waals surface area contributed by atoms with Crippen LogP contribution in [0.4, 0.5) is 18.9 Å². The molecule has 3 nitrogen and oxygen atoms in total. The number of hydrogen-bond donors (Lipinski definition) is 2. The maximum Gasteiger partial charge on any atom is 0.430 e. The summed E-state index contributed by atoms with van der Waals surface area (Å²) in [5, 5.41) is 12.0. The van der Waals surface area contributed by atoms with E-state index in [1.807, 2.05) is 0 Å². The average molecular weight is 271 g/mol. The molecule has 6 heteroatoms. The lowest BCUT2D eigenvalue weighted by atomic mass is 9.85. The monoisotopic (exact) mass is 271 g/mol. The van der Waals surface area contributed by atoms with Gasteiger partial charge in [0.25, 0.3) is 11.5 Å². The number of nitrogens with one attached hydrogen (secondary N) is 1. The fraction of sp³-hybridized carbons (Fsp3) is 0.462. The molecule has 0 unspecified atom stereocenters. The topological polar surface area (TPSA) is 49.3 Å². The first-order valence-electron chi connectivity index (χ1n) is 6.11. The molecule has 1 aliphatic carbocycles. The van der Waals surface area contributed by atoms with Crippen LogP contribution in [0.5, 0.6) is 0 Å². The van der Waals surface area contributed by atoms with E-state index in [0.717, 1.165) is 30.4 Å². The van der Waals surface area contributed by atoms with Crippen molar-refractivity contribution < 1.29 is 23.1 Å². The van der Waals surface area contributed by atoms with E-state index in [2.05, 4.69) is 5.32 Å². The number of rotatable bonds is 0. The third kappa shape index (κ3) is 1.52. The van der Waals surface area contributed by atoms with Gasteiger partial charge in [-0.1, -0.05) is 12.1 Å². The van der Waals surface area contributed by atoms with Gasteiger partial charge in [0.2, 0.25) is 0 Å². The van der Waals surface area contributed by atoms with E-state index in [4.69, 9.17) is 0 Å². The van der Waals surface area contributed by atoms with E-state index in [0.29, 0.717) is 6.42 Å². The number of carbonyl (C=O) groups is 1. The number of benzene rings is 1. The van der Waals surface area contributed by atoms with Gasteiger partial charge < -0.3 is 10.4 Å². The molecular weight excluding hydrogens is 259 g/mol. The Kier molecular flexibility index (Phi) is 2.44. The van der Waals surface area contributed by atoms with Crippen molar-refractivity contribution in [1.82, 2.24) is 0 Å². The lowest BCUT2D eigenvalue weighted by Gasteiger charge is -2.24. The van der Waals surface area contributed by atoms with Crippen molar-refractivity contribution in [3.05, 3.63) is 28.8 Å². The molecule has 1 aromatic carbocycles. The number of carbonyl (C=O) groups excluding carboxylic acids is 1. The van der Waals surface area contributed by atoms with Crippen LogP contribution in [0.2, 0.25) is 0 Å². The van der Waals surface area contributed by atoms with E-state index in [9.17, 15) is 23.1 Å². The van der Waals surface area contributed by atoms with Crippen molar-refractivity contribution in [3.63, 3.8) is 0 Å². The molecule has 19 heavy (non-hydrogen) atoms. The average Bonchev–Trinajstić information content (AvgIpc) is 2.63. The van der Waals surface area contributed by atoms with Crippen LogP contribution in [0.3, 0.4) is 0 Å². The summed E-state index contributed by atoms with van der Waals surface area (Å²) < 4.78 is 39.0. The molecule has 1 aromatic rings. The van der Waals surface area contributed by atoms with Crippen LogP contribution in [-0.4, -0.2) is 17.2 Å². The highest BCUT2D eigenvalue weighted by atomic mass is 19.4. The number of amides is 1. The van der Waals surface area contributed by atoms with Gasteiger partial charge in [0.1, 0.15) is 0 Å². The highest BCUT2D eigenvalue weighted by molar-refractivity contribution is 6.06. The lowest BCUT2D eigenvalue weighted by molar-refractivity contribution is -0.252. The molecule has 0 spiro atoms. The Morgan fingerprint density at radius 1 is 1.21 bits per heavy atom. The van der Waals surface area contributed by atoms with Gasteiger partial charge in [-0.05, 0) is 36.8 Å². The molecule has 2 aliphatic rings. The molecule has 3 rings (SSSR count). The molecule has 0 radical (unpaired) electrons. The third-order valence-corrected chi connectivity index (χ3v) is 3.90. The van der Waals surface area contributed by atoms with E-state index >= 15 is 0 Å². The van der Waals surface area contributed by atoms with E-state index in [-0.39, 0.29) is 11.3 Å². The largest absolute Gasteiger partial charge is 0.430 e. The second-order valence-electron chi connectivity index (χ2n) is 5.00. The van der Waals surface area contributed by atoms with Crippen LogP contribution < -0.4 is 5.32 Å². The minimum Gasteiger partial charge on any atom is -0.368 e. The fourth-order valence-electron chi connectivity index (χ4n) is 2.88. The Morgan fingerprint density at radius 2 is 1.89 bits per heavy atom. The van der Waals surface area contributed by atoms with Gasteiger partial charge in [0, 0.05) is 5.56 Å². The highest BCUT2D eigenvalue weighted by Crippen LogP contribution is 2.49. The third-order valence-electron chi connectivity index (χ3n) is 3.90. The van der Waals surface area contributed by atoms with Crippen LogP contribution >= 0.6 is 0 Å². The molecule has 0 saturated heterocycles. The molecule has 0 aromatic heterocycles. The molecule has 1 atom stereocenters. The number of hydrogen-bond acceptors (Lipinski definition) is 2. The van der Waals surface area contributed by atoms with Crippen LogP contribution in [0.15, 0.2) is 12.1 Å². The fourth-order valence-corrected chi connectivity index (χ4v) is 2.88. The Balaban J connectivity index is 2.21. The summed E-state index contributed by atoms with van der Waals surface area (Å²) in [6, 6.07) is 2.80. The van der Waals surface area contributed by atoms with E-state index in [1.54, 1.807) is 6.07 Å². The van der Waals surface area contributed by atoms with Crippen molar-refractivity contribution in [1.29, 1.82) is 0 Å². The van der Waals surface area contributed by atoms with E-state index < -0.39 is 17.7 Å². The maximum absolute atomic E-state index is 13.0. The zero-order valence-electron chi connectivity index (χ0n) is 9.97. The summed E-state index contributed by atoms with van der Waals surface area (Å²) in [7, 11) is 0. The normalized spacial score (nSPS) is 25.8. The predicted molar refractivity (Wildman–Crippen MR) is 61.7 cm³/mol. The van der Waals surface area contributed by atoms with Gasteiger partial charge in [-0.2, -0.15) is 13.2 Å². The molecule has 0 bridgehead atoms. The van der Waals surface area contributed by atoms with Crippen molar-refractivity contribution in [2.45, 2.75) is 37.5 Å². The van der Waals surface area contributed by atoms with Gasteiger partial charge in [0.15, 0.2) is 0 Å². The minimum atomic E-state index is -5.02. The molecular formula is C13H12F3NO2. The second kappa shape index (κ2) is 3.72. The first-order chi connectivity index (χ1) is 8.85.